The first-order valence-corrected chi connectivity index (χ1v) is 7.95. The molecule has 2 amide bonds. The van der Waals surface area contributed by atoms with Gasteiger partial charge in [0.2, 0.25) is 5.88 Å². The molecule has 1 aliphatic heterocycles. The number of carbonyl (C=O) groups is 1. The van der Waals surface area contributed by atoms with Crippen molar-refractivity contribution in [3.8, 4) is 0 Å². The number of hydrogen-bond acceptors (Lipinski definition) is 5. The van der Waals surface area contributed by atoms with Gasteiger partial charge in [0.25, 0.3) is 0 Å². The summed E-state index contributed by atoms with van der Waals surface area (Å²) in [7, 11) is -4.37. The highest BCUT2D eigenvalue weighted by molar-refractivity contribution is 7.51. The highest BCUT2D eigenvalue weighted by Gasteiger charge is 2.44. The normalized spacial score (nSPS) is 23.3. The summed E-state index contributed by atoms with van der Waals surface area (Å²) in [6.07, 6.45) is 0.873. The first kappa shape index (κ1) is 15.7. The molecule has 0 radical (unpaired) electrons. The molecule has 0 saturated heterocycles. The summed E-state index contributed by atoms with van der Waals surface area (Å²) in [5.41, 5.74) is 4.49. The molecule has 2 rings (SSSR count). The Balaban J connectivity index is 2.30. The van der Waals surface area contributed by atoms with Crippen molar-refractivity contribution in [1.82, 2.24) is 0 Å². The number of furan rings is 1. The first-order valence-electron chi connectivity index (χ1n) is 6.15. The van der Waals surface area contributed by atoms with Crippen molar-refractivity contribution in [2.45, 2.75) is 18.9 Å². The van der Waals surface area contributed by atoms with Crippen LogP contribution in [0.4, 0.5) is 10.7 Å². The second-order valence-electron chi connectivity index (χ2n) is 4.60. The Kier molecular flexibility index (Phi) is 4.20. The number of nitrogens with zero attached hydrogens (tertiary/aromatic N) is 2. The Bertz CT molecular complexity index is 595. The van der Waals surface area contributed by atoms with Crippen molar-refractivity contribution in [2.24, 2.45) is 10.7 Å². The summed E-state index contributed by atoms with van der Waals surface area (Å²) in [6.45, 7) is 1.68. The van der Waals surface area contributed by atoms with Gasteiger partial charge in [-0.2, -0.15) is 4.99 Å². The van der Waals surface area contributed by atoms with Gasteiger partial charge in [0.1, 0.15) is 17.8 Å². The van der Waals surface area contributed by atoms with E-state index in [0.29, 0.717) is 0 Å². The van der Waals surface area contributed by atoms with Gasteiger partial charge in [-0.3, -0.25) is 9.46 Å². The Morgan fingerprint density at radius 3 is 2.86 bits per heavy atom. The average Bonchev–Trinajstić information content (AvgIpc) is 2.91. The van der Waals surface area contributed by atoms with Crippen molar-refractivity contribution < 1.29 is 28.3 Å². The Morgan fingerprint density at radius 2 is 2.33 bits per heavy atom. The number of carbonyl (C=O) groups excluding carboxylic acids is 1. The topological polar surface area (TPSA) is 139 Å². The summed E-state index contributed by atoms with van der Waals surface area (Å²) in [5.74, 6) is 0.153. The largest absolute Gasteiger partial charge is 0.448 e. The molecule has 1 unspecified atom stereocenters. The van der Waals surface area contributed by atoms with Crippen molar-refractivity contribution >= 4 is 25.3 Å². The van der Waals surface area contributed by atoms with Gasteiger partial charge in [0.15, 0.2) is 0 Å². The molecule has 1 atom stereocenters. The number of nitrogens with two attached hydrogens (primary N) is 1. The minimum absolute atomic E-state index is 0.0365. The number of hydrogen-bond donors (Lipinski definition) is 3. The summed E-state index contributed by atoms with van der Waals surface area (Å²) in [5, 5.41) is 0. The maximum atomic E-state index is 11.9. The molecular formula is C11H16N3O6P. The van der Waals surface area contributed by atoms with Gasteiger partial charge in [-0.1, -0.05) is 6.92 Å². The second kappa shape index (κ2) is 5.61. The third-order valence-corrected chi connectivity index (χ3v) is 3.65. The standard InChI is InChI=1S/C11H16N3O6P/c1-2-11(20-7-21(16,17)18)6-14(8-4-3-5-19-8)10(15)13-9(11)12/h3-5H,2,6-7H2,1H3,(H2,12,13,15)(H2,16,17,18). The highest BCUT2D eigenvalue weighted by Crippen LogP contribution is 2.37. The molecule has 0 aromatic carbocycles. The molecule has 1 aliphatic rings. The zero-order valence-electron chi connectivity index (χ0n) is 11.3. The Labute approximate surface area is 120 Å². The second-order valence-corrected chi connectivity index (χ2v) is 6.19. The van der Waals surface area contributed by atoms with Crippen LogP contribution in [-0.2, 0) is 9.30 Å². The van der Waals surface area contributed by atoms with Gasteiger partial charge in [0.05, 0.1) is 12.8 Å². The molecule has 10 heteroatoms. The van der Waals surface area contributed by atoms with Gasteiger partial charge in [-0.05, 0) is 12.5 Å². The molecule has 116 valence electrons. The van der Waals surface area contributed by atoms with Crippen LogP contribution in [0.25, 0.3) is 0 Å². The number of rotatable bonds is 5. The van der Waals surface area contributed by atoms with Crippen molar-refractivity contribution in [1.29, 1.82) is 0 Å². The SMILES string of the molecule is CCC1(OCP(=O)(O)O)CN(c2ccco2)C(=O)N=C1N. The number of anilines is 1. The van der Waals surface area contributed by atoms with Crippen LogP contribution in [0, 0.1) is 0 Å². The van der Waals surface area contributed by atoms with Crippen LogP contribution >= 0.6 is 7.60 Å². The molecular weight excluding hydrogens is 301 g/mol. The highest BCUT2D eigenvalue weighted by atomic mass is 31.2. The fourth-order valence-electron chi connectivity index (χ4n) is 1.99. The lowest BCUT2D eigenvalue weighted by molar-refractivity contribution is 0.0275. The predicted octanol–water partition coefficient (Wildman–Crippen LogP) is 0.877. The maximum Gasteiger partial charge on any atom is 0.352 e. The smallest absolute Gasteiger partial charge is 0.352 e. The third-order valence-electron chi connectivity index (χ3n) is 3.18. The summed E-state index contributed by atoms with van der Waals surface area (Å²) >= 11 is 0. The number of urea groups is 1. The zero-order valence-corrected chi connectivity index (χ0v) is 12.2. The molecule has 1 aromatic rings. The molecule has 0 aliphatic carbocycles. The van der Waals surface area contributed by atoms with Gasteiger partial charge < -0.3 is 24.7 Å². The van der Waals surface area contributed by atoms with Crippen LogP contribution in [0.15, 0.2) is 27.8 Å². The van der Waals surface area contributed by atoms with E-state index in [1.165, 1.54) is 11.2 Å². The lowest BCUT2D eigenvalue weighted by atomic mass is 9.97. The van der Waals surface area contributed by atoms with Crippen molar-refractivity contribution in [3.05, 3.63) is 18.4 Å². The van der Waals surface area contributed by atoms with E-state index in [-0.39, 0.29) is 24.7 Å². The lowest BCUT2D eigenvalue weighted by Crippen LogP contribution is -2.59. The molecule has 0 bridgehead atoms. The maximum absolute atomic E-state index is 11.9. The van der Waals surface area contributed by atoms with Gasteiger partial charge in [0, 0.05) is 6.07 Å². The lowest BCUT2D eigenvalue weighted by Gasteiger charge is -2.38. The van der Waals surface area contributed by atoms with Gasteiger partial charge >= 0.3 is 13.6 Å². The average molecular weight is 317 g/mol. The van der Waals surface area contributed by atoms with E-state index in [9.17, 15) is 9.36 Å². The summed E-state index contributed by atoms with van der Waals surface area (Å²) in [4.78, 5) is 34.7. The number of aliphatic imine (C=N–C) groups is 1. The molecule has 9 nitrogen and oxygen atoms in total. The van der Waals surface area contributed by atoms with Gasteiger partial charge in [-0.15, -0.1) is 0 Å². The Morgan fingerprint density at radius 1 is 1.62 bits per heavy atom. The van der Waals surface area contributed by atoms with Crippen LogP contribution in [-0.4, -0.2) is 40.1 Å². The van der Waals surface area contributed by atoms with E-state index in [1.807, 2.05) is 0 Å². The number of amides is 2. The quantitative estimate of drug-likeness (QED) is 0.685. The molecule has 21 heavy (non-hydrogen) atoms. The minimum Gasteiger partial charge on any atom is -0.448 e. The fourth-order valence-corrected chi connectivity index (χ4v) is 2.40. The monoisotopic (exact) mass is 317 g/mol. The minimum atomic E-state index is -4.37. The molecule has 2 heterocycles. The van der Waals surface area contributed by atoms with Crippen LogP contribution in [0.3, 0.4) is 0 Å². The third kappa shape index (κ3) is 3.33. The number of amidine groups is 1. The number of ether oxygens (including phenoxy) is 1. The van der Waals surface area contributed by atoms with Crippen LogP contribution in [0.1, 0.15) is 13.3 Å². The van der Waals surface area contributed by atoms with E-state index in [0.717, 1.165) is 0 Å². The first-order chi connectivity index (χ1) is 9.77. The van der Waals surface area contributed by atoms with Crippen molar-refractivity contribution in [3.63, 3.8) is 0 Å². The summed E-state index contributed by atoms with van der Waals surface area (Å²) < 4.78 is 21.5. The molecule has 1 aromatic heterocycles. The van der Waals surface area contributed by atoms with E-state index in [1.54, 1.807) is 19.1 Å². The van der Waals surface area contributed by atoms with E-state index >= 15 is 0 Å². The van der Waals surface area contributed by atoms with Crippen LogP contribution in [0.2, 0.25) is 0 Å². The Hall–Kier alpha value is -1.67. The predicted molar refractivity (Wildman–Crippen MR) is 74.1 cm³/mol. The van der Waals surface area contributed by atoms with E-state index in [4.69, 9.17) is 24.7 Å². The van der Waals surface area contributed by atoms with Crippen LogP contribution < -0.4 is 10.6 Å². The molecule has 0 spiro atoms. The van der Waals surface area contributed by atoms with Crippen molar-refractivity contribution in [2.75, 3.05) is 17.8 Å². The van der Waals surface area contributed by atoms with Crippen LogP contribution in [0.5, 0.6) is 0 Å². The zero-order chi connectivity index (χ0) is 15.7. The molecule has 0 fully saturated rings. The molecule has 4 N–H and O–H groups in total. The molecule has 0 saturated carbocycles. The fraction of sp³-hybridized carbons (Fsp3) is 0.455. The van der Waals surface area contributed by atoms with E-state index < -0.39 is 25.6 Å². The summed E-state index contributed by atoms with van der Waals surface area (Å²) in [6, 6.07) is 2.55. The van der Waals surface area contributed by atoms with Gasteiger partial charge in [-0.25, -0.2) is 4.79 Å². The van der Waals surface area contributed by atoms with E-state index in [2.05, 4.69) is 4.99 Å².